The lowest BCUT2D eigenvalue weighted by Gasteiger charge is -2.27. The Hall–Kier alpha value is -4.33. The molecular formula is C29H25F2N5O5S. The number of methoxy groups -OCH3 is 1. The minimum Gasteiger partial charge on any atom is -0.478 e. The van der Waals surface area contributed by atoms with Gasteiger partial charge in [-0.05, 0) is 48.4 Å². The summed E-state index contributed by atoms with van der Waals surface area (Å²) in [5, 5.41) is 18.8. The fraction of sp³-hybridized carbons (Fsp3) is 0.276. The number of fused-ring (bicyclic) bond motifs is 1. The molecule has 1 fully saturated rings. The number of ether oxygens (including phenoxy) is 3. The summed E-state index contributed by atoms with van der Waals surface area (Å²) in [7, 11) is 1.57. The zero-order valence-electron chi connectivity index (χ0n) is 22.4. The first kappa shape index (κ1) is 27.8. The Bertz CT molecular complexity index is 1770. The Labute approximate surface area is 242 Å². The number of carboxylic acid groups (broad SMARTS) is 1. The van der Waals surface area contributed by atoms with Gasteiger partial charge < -0.3 is 23.9 Å². The Morgan fingerprint density at radius 3 is 2.64 bits per heavy atom. The third kappa shape index (κ3) is 5.84. The van der Waals surface area contributed by atoms with E-state index in [2.05, 4.69) is 20.2 Å². The van der Waals surface area contributed by atoms with Crippen molar-refractivity contribution in [3.8, 4) is 17.1 Å². The molecule has 5 aromatic rings. The molecule has 10 nitrogen and oxygen atoms in total. The highest BCUT2D eigenvalue weighted by Gasteiger charge is 2.23. The monoisotopic (exact) mass is 593 g/mol. The van der Waals surface area contributed by atoms with Crippen LogP contribution in [0.3, 0.4) is 0 Å². The Morgan fingerprint density at radius 2 is 1.90 bits per heavy atom. The van der Waals surface area contributed by atoms with Gasteiger partial charge in [0.15, 0.2) is 5.01 Å². The number of hydrogen-bond donors (Lipinski definition) is 1. The van der Waals surface area contributed by atoms with E-state index in [9.17, 15) is 9.90 Å². The second-order valence-corrected chi connectivity index (χ2v) is 10.8. The molecule has 0 amide bonds. The molecule has 1 atom stereocenters. The summed E-state index contributed by atoms with van der Waals surface area (Å²) in [6, 6.07) is 11.7. The van der Waals surface area contributed by atoms with Gasteiger partial charge in [-0.1, -0.05) is 17.4 Å². The van der Waals surface area contributed by atoms with Gasteiger partial charge in [-0.15, -0.1) is 10.2 Å². The zero-order valence-corrected chi connectivity index (χ0v) is 23.2. The van der Waals surface area contributed by atoms with Gasteiger partial charge in [-0.3, -0.25) is 0 Å². The maximum absolute atomic E-state index is 15.4. The third-order valence-electron chi connectivity index (χ3n) is 6.86. The van der Waals surface area contributed by atoms with Gasteiger partial charge in [0.2, 0.25) is 5.88 Å². The first-order valence-electron chi connectivity index (χ1n) is 13.1. The van der Waals surface area contributed by atoms with E-state index in [1.54, 1.807) is 31.4 Å². The molecule has 42 heavy (non-hydrogen) atoms. The summed E-state index contributed by atoms with van der Waals surface area (Å²) in [5.74, 6) is -1.62. The highest BCUT2D eigenvalue weighted by molar-refractivity contribution is 7.11. The first-order valence-corrected chi connectivity index (χ1v) is 13.9. The van der Waals surface area contributed by atoms with Crippen LogP contribution in [0.1, 0.15) is 38.2 Å². The predicted molar refractivity (Wildman–Crippen MR) is 148 cm³/mol. The molecule has 1 unspecified atom stereocenters. The molecule has 1 aliphatic rings. The molecular weight excluding hydrogens is 568 g/mol. The van der Waals surface area contributed by atoms with E-state index in [1.165, 1.54) is 23.5 Å². The van der Waals surface area contributed by atoms with Gasteiger partial charge in [0.05, 0.1) is 41.5 Å². The molecule has 13 heteroatoms. The SMILES string of the molecule is COCc1nnc(COc2cccc(-c3cc(F)c(Cc4nc5ccc(C(=O)O)cc5n4CC4CCO4)cc3F)n2)s1. The number of pyridine rings is 1. The molecule has 3 aromatic heterocycles. The van der Waals surface area contributed by atoms with Crippen molar-refractivity contribution in [3.05, 3.63) is 87.1 Å². The number of halogens is 2. The van der Waals surface area contributed by atoms with Crippen molar-refractivity contribution in [2.24, 2.45) is 0 Å². The highest BCUT2D eigenvalue weighted by atomic mass is 32.1. The van der Waals surface area contributed by atoms with Gasteiger partial charge in [0.25, 0.3) is 0 Å². The van der Waals surface area contributed by atoms with E-state index in [0.717, 1.165) is 18.6 Å². The predicted octanol–water partition coefficient (Wildman–Crippen LogP) is 5.03. The van der Waals surface area contributed by atoms with Gasteiger partial charge in [-0.2, -0.15) is 0 Å². The van der Waals surface area contributed by atoms with Crippen LogP contribution in [0.2, 0.25) is 0 Å². The summed E-state index contributed by atoms with van der Waals surface area (Å²) in [4.78, 5) is 20.5. The third-order valence-corrected chi connectivity index (χ3v) is 7.73. The summed E-state index contributed by atoms with van der Waals surface area (Å²) in [5.41, 5.74) is 1.59. The Balaban J connectivity index is 1.25. The molecule has 1 saturated heterocycles. The zero-order chi connectivity index (χ0) is 29.2. The summed E-state index contributed by atoms with van der Waals surface area (Å²) in [6.45, 7) is 1.55. The Kier molecular flexibility index (Phi) is 7.87. The summed E-state index contributed by atoms with van der Waals surface area (Å²) < 4.78 is 49.0. The van der Waals surface area contributed by atoms with Crippen molar-refractivity contribution >= 4 is 28.3 Å². The number of benzene rings is 2. The van der Waals surface area contributed by atoms with E-state index >= 15 is 8.78 Å². The van der Waals surface area contributed by atoms with Crippen LogP contribution < -0.4 is 4.74 Å². The molecule has 0 radical (unpaired) electrons. The van der Waals surface area contributed by atoms with Crippen molar-refractivity contribution in [3.63, 3.8) is 0 Å². The van der Waals surface area contributed by atoms with E-state index in [-0.39, 0.29) is 47.4 Å². The lowest BCUT2D eigenvalue weighted by atomic mass is 10.0. The Morgan fingerprint density at radius 1 is 1.10 bits per heavy atom. The fourth-order valence-electron chi connectivity index (χ4n) is 4.68. The van der Waals surface area contributed by atoms with Crippen LogP contribution in [0.15, 0.2) is 48.5 Å². The van der Waals surface area contributed by atoms with Crippen LogP contribution in [0.4, 0.5) is 8.78 Å². The van der Waals surface area contributed by atoms with Crippen molar-refractivity contribution in [2.45, 2.75) is 38.7 Å². The quantitative estimate of drug-likeness (QED) is 0.225. The normalized spacial score (nSPS) is 14.7. The van der Waals surface area contributed by atoms with E-state index in [0.29, 0.717) is 46.6 Å². The van der Waals surface area contributed by atoms with Crippen molar-refractivity contribution < 1.29 is 32.9 Å². The minimum atomic E-state index is -1.06. The van der Waals surface area contributed by atoms with Crippen molar-refractivity contribution in [1.29, 1.82) is 0 Å². The summed E-state index contributed by atoms with van der Waals surface area (Å²) in [6.07, 6.45) is 0.787. The lowest BCUT2D eigenvalue weighted by molar-refractivity contribution is -0.0589. The number of carboxylic acids is 1. The second kappa shape index (κ2) is 11.9. The average molecular weight is 594 g/mol. The van der Waals surface area contributed by atoms with Crippen LogP contribution in [0.5, 0.6) is 5.88 Å². The number of carbonyl (C=O) groups is 1. The smallest absolute Gasteiger partial charge is 0.335 e. The number of hydrogen-bond acceptors (Lipinski definition) is 9. The van der Waals surface area contributed by atoms with Crippen LogP contribution >= 0.6 is 11.3 Å². The van der Waals surface area contributed by atoms with Crippen LogP contribution in [-0.2, 0) is 35.7 Å². The number of rotatable bonds is 11. The first-order chi connectivity index (χ1) is 20.4. The van der Waals surface area contributed by atoms with Crippen molar-refractivity contribution in [2.75, 3.05) is 13.7 Å². The average Bonchev–Trinajstić information content (AvgIpc) is 3.55. The minimum absolute atomic E-state index is 0.00364. The summed E-state index contributed by atoms with van der Waals surface area (Å²) >= 11 is 1.35. The highest BCUT2D eigenvalue weighted by Crippen LogP contribution is 2.29. The standard InChI is InChI=1S/C29H25F2N5O5S/c1-39-14-27-34-35-28(42-27)15-41-26-4-2-3-22(33-26)19-12-20(30)17(9-21(19)31)11-25-32-23-6-5-16(29(37)38)10-24(23)36(25)13-18-7-8-40-18/h2-6,9-10,12,18H,7-8,11,13-15H2,1H3,(H,37,38). The van der Waals surface area contributed by atoms with Crippen LogP contribution in [-0.4, -0.2) is 55.6 Å². The fourth-order valence-corrected chi connectivity index (χ4v) is 5.41. The lowest BCUT2D eigenvalue weighted by Crippen LogP contribution is -2.31. The molecule has 0 saturated carbocycles. The topological polar surface area (TPSA) is 121 Å². The van der Waals surface area contributed by atoms with Gasteiger partial charge in [0, 0.05) is 31.8 Å². The molecule has 2 aromatic carbocycles. The molecule has 4 heterocycles. The maximum atomic E-state index is 15.4. The number of aromatic carboxylic acids is 1. The molecule has 0 spiro atoms. The largest absolute Gasteiger partial charge is 0.478 e. The molecule has 6 rings (SSSR count). The van der Waals surface area contributed by atoms with E-state index in [1.807, 2.05) is 4.57 Å². The van der Waals surface area contributed by atoms with Gasteiger partial charge >= 0.3 is 5.97 Å². The van der Waals surface area contributed by atoms with Gasteiger partial charge in [-0.25, -0.2) is 23.5 Å². The van der Waals surface area contributed by atoms with Crippen LogP contribution in [0, 0.1) is 11.6 Å². The molecule has 0 bridgehead atoms. The van der Waals surface area contributed by atoms with Gasteiger partial charge in [0.1, 0.15) is 29.1 Å². The number of imidazole rings is 1. The number of nitrogens with zero attached hydrogens (tertiary/aromatic N) is 5. The van der Waals surface area contributed by atoms with Crippen molar-refractivity contribution in [1.82, 2.24) is 24.7 Å². The second-order valence-electron chi connectivity index (χ2n) is 9.70. The van der Waals surface area contributed by atoms with Crippen LogP contribution in [0.25, 0.3) is 22.3 Å². The molecule has 216 valence electrons. The molecule has 0 aliphatic carbocycles. The van der Waals surface area contributed by atoms with E-state index in [4.69, 9.17) is 14.2 Å². The van der Waals surface area contributed by atoms with E-state index < -0.39 is 17.6 Å². The molecule has 1 aliphatic heterocycles. The number of aromatic nitrogens is 5. The maximum Gasteiger partial charge on any atom is 0.335 e. The molecule has 1 N–H and O–H groups in total.